The first kappa shape index (κ1) is 34.2. The maximum absolute atomic E-state index is 13.4. The average molecular weight is 667 g/mol. The quantitative estimate of drug-likeness (QED) is 0.126. The number of fused-ring (bicyclic) bond motifs is 1. The summed E-state index contributed by atoms with van der Waals surface area (Å²) in [5, 5.41) is 72.5. The van der Waals surface area contributed by atoms with Crippen LogP contribution in [0.3, 0.4) is 0 Å². The summed E-state index contributed by atoms with van der Waals surface area (Å²) < 4.78 is 51.5. The highest BCUT2D eigenvalue weighted by Crippen LogP contribution is 2.33. The van der Waals surface area contributed by atoms with E-state index in [-0.39, 0.29) is 16.3 Å². The van der Waals surface area contributed by atoms with Crippen molar-refractivity contribution in [2.75, 3.05) is 36.9 Å². The Morgan fingerprint density at radius 1 is 0.739 bits per heavy atom. The van der Waals surface area contributed by atoms with Crippen LogP contribution in [0, 0.1) is 0 Å². The largest absolute Gasteiger partial charge is 0.462 e. The zero-order chi connectivity index (χ0) is 33.3. The lowest BCUT2D eigenvalue weighted by molar-refractivity contribution is -0.352. The van der Waals surface area contributed by atoms with Gasteiger partial charge in [-0.3, -0.25) is 4.72 Å². The molecule has 15 nitrogen and oxygen atoms in total. The zero-order valence-corrected chi connectivity index (χ0v) is 25.7. The summed E-state index contributed by atoms with van der Waals surface area (Å²) in [5.41, 5.74) is 1.09. The van der Waals surface area contributed by atoms with Crippen molar-refractivity contribution < 1.29 is 63.1 Å². The fourth-order valence-electron chi connectivity index (χ4n) is 5.49. The summed E-state index contributed by atoms with van der Waals surface area (Å²) in [4.78, 5) is 1.99. The number of benzene rings is 3. The van der Waals surface area contributed by atoms with Gasteiger partial charge in [-0.1, -0.05) is 24.3 Å². The minimum Gasteiger partial charge on any atom is -0.462 e. The molecule has 2 aliphatic heterocycles. The van der Waals surface area contributed by atoms with E-state index in [1.165, 1.54) is 30.3 Å². The van der Waals surface area contributed by atoms with Crippen LogP contribution in [0.2, 0.25) is 0 Å². The highest BCUT2D eigenvalue weighted by atomic mass is 32.2. The first-order valence-corrected chi connectivity index (χ1v) is 15.9. The fourth-order valence-corrected chi connectivity index (χ4v) is 6.77. The van der Waals surface area contributed by atoms with Gasteiger partial charge in [0.1, 0.15) is 54.6 Å². The number of nitrogens with one attached hydrogen (secondary N) is 1. The van der Waals surface area contributed by atoms with E-state index >= 15 is 0 Å². The second kappa shape index (κ2) is 13.9. The van der Waals surface area contributed by atoms with E-state index in [0.29, 0.717) is 5.39 Å². The Balaban J connectivity index is 1.26. The summed E-state index contributed by atoms with van der Waals surface area (Å²) >= 11 is 0. The Kier molecular flexibility index (Phi) is 10.4. The van der Waals surface area contributed by atoms with Crippen LogP contribution in [0.4, 0.5) is 11.4 Å². The molecule has 0 bridgehead atoms. The third-order valence-corrected chi connectivity index (χ3v) is 9.39. The lowest BCUT2D eigenvalue weighted by Gasteiger charge is -2.45. The molecule has 0 amide bonds. The maximum atomic E-state index is 13.4. The highest BCUT2D eigenvalue weighted by Gasteiger charge is 2.51. The monoisotopic (exact) mass is 666 g/mol. The number of hydrogen-bond acceptors (Lipinski definition) is 14. The molecular formula is C30H38N2O13S. The fraction of sp³-hybridized carbons (Fsp3) is 0.467. The second-order valence-corrected chi connectivity index (χ2v) is 12.9. The third kappa shape index (κ3) is 6.78. The van der Waals surface area contributed by atoms with Crippen molar-refractivity contribution in [2.24, 2.45) is 0 Å². The van der Waals surface area contributed by atoms with E-state index in [1.54, 1.807) is 18.2 Å². The van der Waals surface area contributed by atoms with Crippen molar-refractivity contribution in [2.45, 2.75) is 66.3 Å². The molecule has 3 aromatic carbocycles. The number of ether oxygens (including phenoxy) is 4. The van der Waals surface area contributed by atoms with Crippen molar-refractivity contribution in [1.82, 2.24) is 0 Å². The van der Waals surface area contributed by atoms with E-state index < -0.39 is 84.6 Å². The van der Waals surface area contributed by atoms with Crippen molar-refractivity contribution in [3.63, 3.8) is 0 Å². The number of hydrogen-bond donors (Lipinski definition) is 8. The van der Waals surface area contributed by atoms with Crippen LogP contribution in [0.5, 0.6) is 5.75 Å². The van der Waals surface area contributed by atoms with Gasteiger partial charge in [0.05, 0.1) is 18.1 Å². The first-order chi connectivity index (χ1) is 21.9. The van der Waals surface area contributed by atoms with Gasteiger partial charge in [0.15, 0.2) is 6.29 Å². The second-order valence-electron chi connectivity index (χ2n) is 11.3. The molecule has 2 aliphatic rings. The van der Waals surface area contributed by atoms with Gasteiger partial charge in [-0.2, -0.15) is 0 Å². The molecule has 10 atom stereocenters. The molecule has 0 aliphatic carbocycles. The Morgan fingerprint density at radius 2 is 1.35 bits per heavy atom. The van der Waals surface area contributed by atoms with E-state index in [4.69, 9.17) is 18.9 Å². The highest BCUT2D eigenvalue weighted by molar-refractivity contribution is 7.93. The molecule has 5 rings (SSSR count). The Labute approximate surface area is 264 Å². The molecular weight excluding hydrogens is 628 g/mol. The number of aliphatic hydroxyl groups is 7. The number of anilines is 2. The summed E-state index contributed by atoms with van der Waals surface area (Å²) in [7, 11) is -0.261. The Morgan fingerprint density at radius 3 is 2.00 bits per heavy atom. The molecule has 0 saturated carbocycles. The van der Waals surface area contributed by atoms with Crippen molar-refractivity contribution in [3.05, 3.63) is 60.7 Å². The minimum absolute atomic E-state index is 0.0947. The van der Waals surface area contributed by atoms with Crippen LogP contribution < -0.4 is 14.4 Å². The SMILES string of the molecule is CN(C)c1cccc2c(S(=O)(=O)Nc3ccc(O[C@@H]4O[C@H](CO)C(O[C@@H]5O[C@H](CO)[C@H](O)[C@H](O)[C@H]5O)[C@H](O)[C@H]4O)cc3)cccc12. The van der Waals surface area contributed by atoms with Gasteiger partial charge < -0.3 is 59.6 Å². The molecule has 46 heavy (non-hydrogen) atoms. The Bertz CT molecular complexity index is 1590. The van der Waals surface area contributed by atoms with E-state index in [1.807, 2.05) is 31.1 Å². The van der Waals surface area contributed by atoms with Crippen LogP contribution >= 0.6 is 0 Å². The molecule has 0 aromatic heterocycles. The van der Waals surface area contributed by atoms with Crippen LogP contribution in [-0.2, 0) is 24.2 Å². The molecule has 2 heterocycles. The normalized spacial score (nSPS) is 31.8. The van der Waals surface area contributed by atoms with Gasteiger partial charge in [0.25, 0.3) is 10.0 Å². The lowest BCUT2D eigenvalue weighted by Crippen LogP contribution is -2.65. The van der Waals surface area contributed by atoms with Crippen molar-refractivity contribution in [1.29, 1.82) is 0 Å². The van der Waals surface area contributed by atoms with E-state index in [9.17, 15) is 44.2 Å². The minimum atomic E-state index is -4.00. The molecule has 8 N–H and O–H groups in total. The number of rotatable bonds is 10. The predicted octanol–water partition coefficient (Wildman–Crippen LogP) is -1.29. The van der Waals surface area contributed by atoms with Gasteiger partial charge >= 0.3 is 0 Å². The van der Waals surface area contributed by atoms with E-state index in [0.717, 1.165) is 11.1 Å². The van der Waals surface area contributed by atoms with Crippen molar-refractivity contribution >= 4 is 32.2 Å². The molecule has 2 saturated heterocycles. The standard InChI is InChI=1S/C30H38N2O13S/c1-32(2)19-7-3-6-18-17(19)5-4-8-22(18)46(40,41)31-15-9-11-16(12-10-15)42-29-27(39)25(37)28(21(14-34)44-29)45-30-26(38)24(36)23(35)20(13-33)43-30/h3-12,20-21,23-31,33-39H,13-14H2,1-2H3/t20-,21-,23+,24+,25-,26-,27-,28?,29-,30+/m1/s1. The van der Waals surface area contributed by atoms with Gasteiger partial charge in [-0.15, -0.1) is 0 Å². The molecule has 0 spiro atoms. The lowest BCUT2D eigenvalue weighted by atomic mass is 9.97. The van der Waals surface area contributed by atoms with Gasteiger partial charge in [0, 0.05) is 36.2 Å². The molecule has 1 unspecified atom stereocenters. The zero-order valence-electron chi connectivity index (χ0n) is 24.9. The number of aliphatic hydroxyl groups excluding tert-OH is 7. The van der Waals surface area contributed by atoms with Crippen LogP contribution in [0.1, 0.15) is 0 Å². The average Bonchev–Trinajstić information content (AvgIpc) is 3.04. The van der Waals surface area contributed by atoms with Crippen LogP contribution in [0.15, 0.2) is 65.6 Å². The summed E-state index contributed by atoms with van der Waals surface area (Å²) in [6.45, 7) is -1.44. The summed E-state index contributed by atoms with van der Waals surface area (Å²) in [5.74, 6) is 0.130. The van der Waals surface area contributed by atoms with Crippen LogP contribution in [0.25, 0.3) is 10.8 Å². The molecule has 252 valence electrons. The molecule has 16 heteroatoms. The van der Waals surface area contributed by atoms with Gasteiger partial charge in [0.2, 0.25) is 6.29 Å². The third-order valence-electron chi connectivity index (χ3n) is 7.95. The van der Waals surface area contributed by atoms with E-state index in [2.05, 4.69) is 4.72 Å². The van der Waals surface area contributed by atoms with Crippen molar-refractivity contribution in [3.8, 4) is 5.75 Å². The summed E-state index contributed by atoms with van der Waals surface area (Å²) in [6.07, 6.45) is -15.9. The molecule has 0 radical (unpaired) electrons. The van der Waals surface area contributed by atoms with Gasteiger partial charge in [-0.25, -0.2) is 8.42 Å². The number of nitrogens with zero attached hydrogens (tertiary/aromatic N) is 1. The molecule has 3 aromatic rings. The molecule has 2 fully saturated rings. The van der Waals surface area contributed by atoms with Crippen LogP contribution in [-0.4, -0.2) is 133 Å². The maximum Gasteiger partial charge on any atom is 0.262 e. The van der Waals surface area contributed by atoms with Gasteiger partial charge in [-0.05, 0) is 36.4 Å². The number of sulfonamides is 1. The predicted molar refractivity (Wildman–Crippen MR) is 163 cm³/mol. The summed E-state index contributed by atoms with van der Waals surface area (Å²) in [6, 6.07) is 16.1. The smallest absolute Gasteiger partial charge is 0.262 e. The first-order valence-electron chi connectivity index (χ1n) is 14.4. The topological polar surface area (TPSA) is 228 Å². The Hall–Kier alpha value is -3.13.